The zero-order valence-electron chi connectivity index (χ0n) is 32.7. The largest absolute Gasteiger partial charge is 0.462 e. The zero-order chi connectivity index (χ0) is 43.0. The van der Waals surface area contributed by atoms with Crippen molar-refractivity contribution in [1.29, 1.82) is 0 Å². The summed E-state index contributed by atoms with van der Waals surface area (Å²) in [6.45, 7) is 2.46. The van der Waals surface area contributed by atoms with Crippen LogP contribution in [0.25, 0.3) is 11.0 Å². The Labute approximate surface area is 359 Å². The number of Topliss-reactive ketones (excluding diaryl/α,β-unsaturated/α-hetero) is 1. The van der Waals surface area contributed by atoms with Gasteiger partial charge in [0.2, 0.25) is 11.8 Å². The van der Waals surface area contributed by atoms with Gasteiger partial charge in [-0.3, -0.25) is 14.4 Å². The number of carbonyl (C=O) groups is 4. The third-order valence-corrected chi connectivity index (χ3v) is 9.25. The van der Waals surface area contributed by atoms with Crippen molar-refractivity contribution in [2.45, 2.75) is 77.2 Å². The third-order valence-electron chi connectivity index (χ3n) is 8.59. The van der Waals surface area contributed by atoms with Crippen LogP contribution in [-0.2, 0) is 14.3 Å². The molecule has 0 spiro atoms. The fourth-order valence-corrected chi connectivity index (χ4v) is 5.94. The molecule has 302 valence electrons. The second-order valence-electron chi connectivity index (χ2n) is 12.9. The Bertz CT molecular complexity index is 2600. The highest BCUT2D eigenvalue weighted by atomic mass is 35.5. The van der Waals surface area contributed by atoms with E-state index >= 15 is 0 Å². The van der Waals surface area contributed by atoms with Gasteiger partial charge in [-0.2, -0.15) is 0 Å². The molecule has 0 fully saturated rings. The Kier molecular flexibility index (Phi) is 19.2. The lowest BCUT2D eigenvalue weighted by Crippen LogP contribution is -2.37. The molecule has 0 bridgehead atoms. The Hall–Kier alpha value is -7.12. The number of halogens is 2. The van der Waals surface area contributed by atoms with Gasteiger partial charge in [0.05, 0.1) is 39.1 Å². The molecule has 0 aliphatic heterocycles. The van der Waals surface area contributed by atoms with E-state index in [2.05, 4.69) is 93.0 Å². The molecule has 0 aliphatic rings. The van der Waals surface area contributed by atoms with Gasteiger partial charge in [-0.05, 0) is 90.5 Å². The van der Waals surface area contributed by atoms with Crippen molar-refractivity contribution in [3.05, 3.63) is 81.8 Å². The predicted molar refractivity (Wildman–Crippen MR) is 232 cm³/mol. The third kappa shape index (κ3) is 14.7. The van der Waals surface area contributed by atoms with Crippen molar-refractivity contribution in [2.24, 2.45) is 0 Å². The standard InChI is InChI=1S/C47H39Cl2N5O6/c1-2-3-4-5-6-7-12-15-18-23-32-60-47(59)36-28-30-38(49)41(34-36)51-46(58)44(54-42-25-21-20-24-39(42)52-53-54)45(57)50-40-33-35(27-29-37(40)48)43(56)26-19-16-13-10-8-9-11-14-17-22-31-55/h20-21,24-25,27-30,33-34,44,55H,2-7,12,15,18,23,32H2,1H3,(H,50,57)(H,51,58). The van der Waals surface area contributed by atoms with Crippen molar-refractivity contribution in [3.63, 3.8) is 0 Å². The fraction of sp³-hybridized carbons (Fsp3) is 0.277. The minimum atomic E-state index is -1.68. The van der Waals surface area contributed by atoms with E-state index in [1.54, 1.807) is 30.4 Å². The molecule has 4 aromatic rings. The first-order valence-electron chi connectivity index (χ1n) is 19.1. The van der Waals surface area contributed by atoms with Gasteiger partial charge in [-0.25, -0.2) is 9.48 Å². The Morgan fingerprint density at radius 2 is 1.20 bits per heavy atom. The van der Waals surface area contributed by atoms with Crippen LogP contribution >= 0.6 is 23.2 Å². The number of para-hydroxylation sites is 1. The van der Waals surface area contributed by atoms with Crippen LogP contribution in [0.3, 0.4) is 0 Å². The molecular formula is C47H39Cl2N5O6. The van der Waals surface area contributed by atoms with Crippen molar-refractivity contribution in [2.75, 3.05) is 17.2 Å². The number of ether oxygens (including phenoxy) is 1. The molecule has 1 aromatic heterocycles. The number of ketones is 1. The summed E-state index contributed by atoms with van der Waals surface area (Å²) in [5.74, 6) is 23.0. The first-order chi connectivity index (χ1) is 29.2. The van der Waals surface area contributed by atoms with Crippen LogP contribution in [0.5, 0.6) is 0 Å². The highest BCUT2D eigenvalue weighted by Gasteiger charge is 2.32. The van der Waals surface area contributed by atoms with Gasteiger partial charge in [0.1, 0.15) is 11.6 Å². The summed E-state index contributed by atoms with van der Waals surface area (Å²) in [4.78, 5) is 53.9. The first-order valence-corrected chi connectivity index (χ1v) is 19.9. The minimum absolute atomic E-state index is 0.00492. The number of anilines is 2. The number of aromatic nitrogens is 3. The maximum absolute atomic E-state index is 14.1. The van der Waals surface area contributed by atoms with Crippen LogP contribution in [0.15, 0.2) is 60.7 Å². The average molecular weight is 841 g/mol. The van der Waals surface area contributed by atoms with Crippen LogP contribution < -0.4 is 10.6 Å². The van der Waals surface area contributed by atoms with Crippen molar-refractivity contribution >= 4 is 69.2 Å². The maximum Gasteiger partial charge on any atom is 0.338 e. The number of rotatable bonds is 18. The quantitative estimate of drug-likeness (QED) is 0.0227. The topological polar surface area (TPSA) is 153 Å². The van der Waals surface area contributed by atoms with Gasteiger partial charge in [-0.1, -0.05) is 105 Å². The summed E-state index contributed by atoms with van der Waals surface area (Å²) in [6, 6.07) is 13.5. The Morgan fingerprint density at radius 1 is 0.683 bits per heavy atom. The highest BCUT2D eigenvalue weighted by molar-refractivity contribution is 6.35. The molecule has 0 saturated heterocycles. The van der Waals surface area contributed by atoms with Gasteiger partial charge < -0.3 is 20.5 Å². The van der Waals surface area contributed by atoms with Crippen molar-refractivity contribution < 1.29 is 29.0 Å². The summed E-state index contributed by atoms with van der Waals surface area (Å²) in [7, 11) is 0. The molecule has 13 heteroatoms. The van der Waals surface area contributed by atoms with Crippen LogP contribution in [0.2, 0.25) is 10.0 Å². The van der Waals surface area contributed by atoms with E-state index in [9.17, 15) is 19.2 Å². The highest BCUT2D eigenvalue weighted by Crippen LogP contribution is 2.28. The minimum Gasteiger partial charge on any atom is -0.462 e. The lowest BCUT2D eigenvalue weighted by atomic mass is 10.1. The number of hydrogen-bond donors (Lipinski definition) is 3. The zero-order valence-corrected chi connectivity index (χ0v) is 34.2. The van der Waals surface area contributed by atoms with Gasteiger partial charge in [0, 0.05) is 35.2 Å². The number of aliphatic hydroxyl groups excluding tert-OH is 1. The number of fused-ring (bicyclic) bond motifs is 1. The summed E-state index contributed by atoms with van der Waals surface area (Å²) in [5.41, 5.74) is 1.08. The lowest BCUT2D eigenvalue weighted by Gasteiger charge is -2.19. The number of amides is 2. The second-order valence-corrected chi connectivity index (χ2v) is 13.7. The molecule has 3 aromatic carbocycles. The summed E-state index contributed by atoms with van der Waals surface area (Å²) < 4.78 is 6.64. The van der Waals surface area contributed by atoms with Crippen LogP contribution in [0, 0.1) is 71.2 Å². The molecule has 3 N–H and O–H groups in total. The molecule has 1 atom stereocenters. The van der Waals surface area contributed by atoms with Crippen LogP contribution in [-0.4, -0.2) is 50.3 Å². The fourth-order valence-electron chi connectivity index (χ4n) is 5.61. The summed E-state index contributed by atoms with van der Waals surface area (Å²) in [5, 5.41) is 22.0. The molecular weight excluding hydrogens is 801 g/mol. The smallest absolute Gasteiger partial charge is 0.338 e. The molecule has 4 rings (SSSR count). The second kappa shape index (κ2) is 25.3. The summed E-state index contributed by atoms with van der Waals surface area (Å²) >= 11 is 12.9. The van der Waals surface area contributed by atoms with E-state index in [0.717, 1.165) is 30.4 Å². The number of unbranched alkanes of at least 4 members (excludes halogenated alkanes) is 9. The van der Waals surface area contributed by atoms with Crippen LogP contribution in [0.1, 0.15) is 97.9 Å². The van der Waals surface area contributed by atoms with E-state index in [1.807, 2.05) is 0 Å². The maximum atomic E-state index is 14.1. The number of esters is 1. The molecule has 0 radical (unpaired) electrons. The molecule has 11 nitrogen and oxygen atoms in total. The van der Waals surface area contributed by atoms with E-state index in [0.29, 0.717) is 11.0 Å². The van der Waals surface area contributed by atoms with E-state index in [1.165, 1.54) is 74.9 Å². The predicted octanol–water partition coefficient (Wildman–Crippen LogP) is 8.17. The molecule has 0 aliphatic carbocycles. The van der Waals surface area contributed by atoms with Crippen LogP contribution in [0.4, 0.5) is 11.4 Å². The number of nitrogens with one attached hydrogen (secondary N) is 2. The molecule has 0 saturated carbocycles. The van der Waals surface area contributed by atoms with Gasteiger partial charge in [0.25, 0.3) is 11.8 Å². The molecule has 1 heterocycles. The SMILES string of the molecule is CCCCCCCCCCCCOC(=O)c1ccc(Cl)c(NC(=O)C(C(=O)Nc2cc(C(=O)C#CC#CC#CC#CC#CC#CO)ccc2Cl)n2nnc3ccccc32)c1. The van der Waals surface area contributed by atoms with Crippen molar-refractivity contribution in [3.8, 4) is 71.2 Å². The Morgan fingerprint density at radius 3 is 1.80 bits per heavy atom. The number of nitrogens with zero attached hydrogens (tertiary/aromatic N) is 3. The van der Waals surface area contributed by atoms with Crippen molar-refractivity contribution in [1.82, 2.24) is 15.0 Å². The molecule has 60 heavy (non-hydrogen) atoms. The number of aliphatic hydroxyl groups is 1. The molecule has 2 amide bonds. The monoisotopic (exact) mass is 839 g/mol. The average Bonchev–Trinajstić information content (AvgIpc) is 3.66. The lowest BCUT2D eigenvalue weighted by molar-refractivity contribution is -0.128. The van der Waals surface area contributed by atoms with Gasteiger partial charge in [-0.15, -0.1) is 5.10 Å². The van der Waals surface area contributed by atoms with Gasteiger partial charge >= 0.3 is 5.97 Å². The molecule has 1 unspecified atom stereocenters. The van der Waals surface area contributed by atoms with E-state index in [-0.39, 0.29) is 39.2 Å². The van der Waals surface area contributed by atoms with Gasteiger partial charge in [0.15, 0.2) is 0 Å². The van der Waals surface area contributed by atoms with E-state index in [4.69, 9.17) is 33.0 Å². The number of carbonyl (C=O) groups excluding carboxylic acids is 4. The summed E-state index contributed by atoms with van der Waals surface area (Å²) in [6.07, 6.45) is 13.1. The number of benzene rings is 3. The number of hydrogen-bond acceptors (Lipinski definition) is 8. The Balaban J connectivity index is 1.45. The normalized spacial score (nSPS) is 10.1. The first kappa shape index (κ1) is 45.6. The van der Waals surface area contributed by atoms with E-state index < -0.39 is 29.6 Å².